The Morgan fingerprint density at radius 2 is 1.31 bits per heavy atom. The molecule has 1 heterocycles. The monoisotopic (exact) mass is 420 g/mol. The van der Waals surface area contributed by atoms with Gasteiger partial charge in [0.1, 0.15) is 0 Å². The molecule has 32 heavy (non-hydrogen) atoms. The lowest BCUT2D eigenvalue weighted by molar-refractivity contribution is 0.0599. The molecule has 3 nitrogen and oxygen atoms in total. The van der Waals surface area contributed by atoms with Crippen LogP contribution in [0.15, 0.2) is 97.1 Å². The summed E-state index contributed by atoms with van der Waals surface area (Å²) in [6.45, 7) is 5.29. The quantitative estimate of drug-likeness (QED) is 0.423. The van der Waals surface area contributed by atoms with Crippen LogP contribution in [0.25, 0.3) is 10.8 Å². The van der Waals surface area contributed by atoms with Crippen molar-refractivity contribution in [3.05, 3.63) is 119 Å². The number of benzene rings is 4. The van der Waals surface area contributed by atoms with Crippen molar-refractivity contribution in [1.82, 2.24) is 9.80 Å². The Hall–Kier alpha value is -3.43. The van der Waals surface area contributed by atoms with E-state index in [0.29, 0.717) is 0 Å². The van der Waals surface area contributed by atoms with Gasteiger partial charge >= 0.3 is 0 Å². The van der Waals surface area contributed by atoms with Crippen molar-refractivity contribution in [1.29, 1.82) is 0 Å². The zero-order valence-electron chi connectivity index (χ0n) is 18.4. The summed E-state index contributed by atoms with van der Waals surface area (Å²) >= 11 is 0. The maximum Gasteiger partial charge on any atom is 0.254 e. The summed E-state index contributed by atoms with van der Waals surface area (Å²) in [5, 5.41) is 2.14. The molecule has 1 amide bonds. The maximum absolute atomic E-state index is 13.4. The van der Waals surface area contributed by atoms with Gasteiger partial charge in [0, 0.05) is 31.7 Å². The van der Waals surface area contributed by atoms with Crippen LogP contribution in [0.3, 0.4) is 0 Å². The Kier molecular flexibility index (Phi) is 5.74. The molecule has 5 rings (SSSR count). The predicted molar refractivity (Wildman–Crippen MR) is 131 cm³/mol. The van der Waals surface area contributed by atoms with E-state index in [1.807, 2.05) is 35.2 Å². The molecule has 1 aliphatic rings. The van der Waals surface area contributed by atoms with E-state index in [-0.39, 0.29) is 11.9 Å². The molecule has 0 spiro atoms. The van der Waals surface area contributed by atoms with Crippen LogP contribution in [0.4, 0.5) is 0 Å². The molecule has 1 saturated heterocycles. The second-order valence-electron chi connectivity index (χ2n) is 8.58. The van der Waals surface area contributed by atoms with Crippen LogP contribution in [0, 0.1) is 6.92 Å². The summed E-state index contributed by atoms with van der Waals surface area (Å²) in [5.74, 6) is 0.132. The van der Waals surface area contributed by atoms with Gasteiger partial charge in [-0.15, -0.1) is 0 Å². The highest BCUT2D eigenvalue weighted by atomic mass is 16.2. The normalized spacial score (nSPS) is 15.6. The predicted octanol–water partition coefficient (Wildman–Crippen LogP) is 5.70. The van der Waals surface area contributed by atoms with Crippen LogP contribution in [0.1, 0.15) is 33.1 Å². The Labute approximate surface area is 189 Å². The van der Waals surface area contributed by atoms with Gasteiger partial charge in [-0.3, -0.25) is 9.69 Å². The summed E-state index contributed by atoms with van der Waals surface area (Å²) in [6, 6.07) is 33.9. The van der Waals surface area contributed by atoms with Gasteiger partial charge in [-0.05, 0) is 34.9 Å². The van der Waals surface area contributed by atoms with E-state index in [1.54, 1.807) is 0 Å². The summed E-state index contributed by atoms with van der Waals surface area (Å²) in [5.41, 5.74) is 4.67. The number of carbonyl (C=O) groups is 1. The first kappa shape index (κ1) is 20.5. The van der Waals surface area contributed by atoms with E-state index in [4.69, 9.17) is 0 Å². The third-order valence-electron chi connectivity index (χ3n) is 6.50. The van der Waals surface area contributed by atoms with Gasteiger partial charge in [0.05, 0.1) is 6.04 Å². The van der Waals surface area contributed by atoms with E-state index < -0.39 is 0 Å². The van der Waals surface area contributed by atoms with Crippen LogP contribution in [-0.4, -0.2) is 41.9 Å². The van der Waals surface area contributed by atoms with Gasteiger partial charge < -0.3 is 4.90 Å². The summed E-state index contributed by atoms with van der Waals surface area (Å²) in [7, 11) is 0. The third-order valence-corrected chi connectivity index (χ3v) is 6.50. The fraction of sp³-hybridized carbons (Fsp3) is 0.207. The smallest absolute Gasteiger partial charge is 0.254 e. The molecule has 0 aliphatic carbocycles. The minimum Gasteiger partial charge on any atom is -0.336 e. The molecular weight excluding hydrogens is 392 g/mol. The molecule has 0 aromatic heterocycles. The van der Waals surface area contributed by atoms with Crippen molar-refractivity contribution in [2.75, 3.05) is 26.2 Å². The number of hydrogen-bond donors (Lipinski definition) is 0. The minimum absolute atomic E-state index is 0.132. The molecule has 160 valence electrons. The van der Waals surface area contributed by atoms with Gasteiger partial charge in [0.25, 0.3) is 5.91 Å². The van der Waals surface area contributed by atoms with Crippen LogP contribution < -0.4 is 0 Å². The largest absolute Gasteiger partial charge is 0.336 e. The second kappa shape index (κ2) is 8.97. The number of fused-ring (bicyclic) bond motifs is 1. The van der Waals surface area contributed by atoms with Crippen molar-refractivity contribution < 1.29 is 4.79 Å². The van der Waals surface area contributed by atoms with Gasteiger partial charge in [-0.2, -0.15) is 0 Å². The Morgan fingerprint density at radius 1 is 0.688 bits per heavy atom. The molecule has 1 fully saturated rings. The molecule has 3 heteroatoms. The summed E-state index contributed by atoms with van der Waals surface area (Å²) in [6.07, 6.45) is 0. The molecule has 4 aromatic carbocycles. The molecule has 0 saturated carbocycles. The first-order chi connectivity index (χ1) is 15.7. The molecule has 0 N–H and O–H groups in total. The van der Waals surface area contributed by atoms with Crippen LogP contribution in [0.5, 0.6) is 0 Å². The molecular formula is C29H28N2O. The lowest BCUT2D eigenvalue weighted by Crippen LogP contribution is -2.49. The topological polar surface area (TPSA) is 23.6 Å². The average molecular weight is 421 g/mol. The fourth-order valence-electron chi connectivity index (χ4n) is 4.76. The van der Waals surface area contributed by atoms with Crippen molar-refractivity contribution in [2.24, 2.45) is 0 Å². The molecule has 1 atom stereocenters. The van der Waals surface area contributed by atoms with Crippen molar-refractivity contribution in [3.63, 3.8) is 0 Å². The van der Waals surface area contributed by atoms with E-state index in [0.717, 1.165) is 42.5 Å². The van der Waals surface area contributed by atoms with Gasteiger partial charge in [-0.25, -0.2) is 0 Å². The Balaban J connectivity index is 1.37. The highest BCUT2D eigenvalue weighted by Crippen LogP contribution is 2.30. The van der Waals surface area contributed by atoms with E-state index >= 15 is 0 Å². The molecule has 0 radical (unpaired) electrons. The number of amides is 1. The number of rotatable bonds is 4. The second-order valence-corrected chi connectivity index (χ2v) is 8.58. The zero-order chi connectivity index (χ0) is 21.9. The first-order valence-corrected chi connectivity index (χ1v) is 11.3. The fourth-order valence-corrected chi connectivity index (χ4v) is 4.76. The standard InChI is InChI=1S/C29H28N2O/c1-22-14-16-25(17-15-22)28(24-9-3-2-4-10-24)30-18-20-31(21-19-30)29(32)27-13-7-11-23-8-5-6-12-26(23)27/h2-17,28H,18-21H2,1H3/t28-/m1/s1. The van der Waals surface area contributed by atoms with Crippen LogP contribution >= 0.6 is 0 Å². The molecule has 0 unspecified atom stereocenters. The van der Waals surface area contributed by atoms with Gasteiger partial charge in [-0.1, -0.05) is 96.6 Å². The zero-order valence-corrected chi connectivity index (χ0v) is 18.4. The Morgan fingerprint density at radius 3 is 2.06 bits per heavy atom. The first-order valence-electron chi connectivity index (χ1n) is 11.3. The highest BCUT2D eigenvalue weighted by molar-refractivity contribution is 6.07. The average Bonchev–Trinajstić information content (AvgIpc) is 2.86. The van der Waals surface area contributed by atoms with E-state index in [1.165, 1.54) is 16.7 Å². The lowest BCUT2D eigenvalue weighted by Gasteiger charge is -2.40. The SMILES string of the molecule is Cc1ccc([C@@H](c2ccccc2)N2CCN(C(=O)c3cccc4ccccc34)CC2)cc1. The van der Waals surface area contributed by atoms with Crippen molar-refractivity contribution in [2.45, 2.75) is 13.0 Å². The number of nitrogens with zero attached hydrogens (tertiary/aromatic N) is 2. The highest BCUT2D eigenvalue weighted by Gasteiger charge is 2.29. The summed E-state index contributed by atoms with van der Waals surface area (Å²) < 4.78 is 0. The van der Waals surface area contributed by atoms with E-state index in [9.17, 15) is 4.79 Å². The minimum atomic E-state index is 0.132. The Bertz CT molecular complexity index is 1200. The van der Waals surface area contributed by atoms with Crippen LogP contribution in [-0.2, 0) is 0 Å². The van der Waals surface area contributed by atoms with Crippen molar-refractivity contribution in [3.8, 4) is 0 Å². The van der Waals surface area contributed by atoms with Crippen LogP contribution in [0.2, 0.25) is 0 Å². The molecule has 1 aliphatic heterocycles. The molecule has 4 aromatic rings. The number of piperazine rings is 1. The van der Waals surface area contributed by atoms with Gasteiger partial charge in [0.15, 0.2) is 0 Å². The lowest BCUT2D eigenvalue weighted by atomic mass is 9.95. The maximum atomic E-state index is 13.4. The molecule has 0 bridgehead atoms. The summed E-state index contributed by atoms with van der Waals surface area (Å²) in [4.78, 5) is 17.9. The number of hydrogen-bond acceptors (Lipinski definition) is 2. The van der Waals surface area contributed by atoms with Crippen molar-refractivity contribution >= 4 is 16.7 Å². The van der Waals surface area contributed by atoms with Gasteiger partial charge in [0.2, 0.25) is 0 Å². The number of carbonyl (C=O) groups excluding carboxylic acids is 1. The third kappa shape index (κ3) is 4.04. The van der Waals surface area contributed by atoms with E-state index in [2.05, 4.69) is 78.6 Å². The number of aryl methyl sites for hydroxylation is 1.